The fourth-order valence-electron chi connectivity index (χ4n) is 4.47. The van der Waals surface area contributed by atoms with E-state index in [1.165, 1.54) is 36.2 Å². The van der Waals surface area contributed by atoms with Crippen molar-refractivity contribution in [3.05, 3.63) is 47.0 Å². The molecule has 0 radical (unpaired) electrons. The van der Waals surface area contributed by atoms with Crippen LogP contribution in [0.2, 0.25) is 0 Å². The zero-order valence-electron chi connectivity index (χ0n) is 19.8. The molecule has 0 spiro atoms. The van der Waals surface area contributed by atoms with Crippen molar-refractivity contribution in [2.45, 2.75) is 58.2 Å². The summed E-state index contributed by atoms with van der Waals surface area (Å²) in [6.07, 6.45) is 6.78. The summed E-state index contributed by atoms with van der Waals surface area (Å²) in [5, 5.41) is 15.8. The number of aryl methyl sites for hydroxylation is 2. The summed E-state index contributed by atoms with van der Waals surface area (Å²) in [5.41, 5.74) is 2.68. The predicted octanol–water partition coefficient (Wildman–Crippen LogP) is 2.75. The molecule has 1 aromatic carbocycles. The Labute approximate surface area is 214 Å². The fourth-order valence-corrected chi connectivity index (χ4v) is 4.47. The number of hydrogen-bond donors (Lipinski definition) is 2. The highest BCUT2D eigenvalue weighted by Crippen LogP contribution is 2.15. The van der Waals surface area contributed by atoms with Gasteiger partial charge in [-0.05, 0) is 30.4 Å². The Morgan fingerprint density at radius 2 is 1.85 bits per heavy atom. The third kappa shape index (κ3) is 7.65. The average Bonchev–Trinajstić information content (AvgIpc) is 3.05. The number of halogens is 1. The average molecular weight is 568 g/mol. The first-order valence-corrected chi connectivity index (χ1v) is 12.1. The molecule has 33 heavy (non-hydrogen) atoms. The number of hydrogen-bond acceptors (Lipinski definition) is 5. The molecule has 8 nitrogen and oxygen atoms in total. The molecule has 2 aliphatic rings. The van der Waals surface area contributed by atoms with Gasteiger partial charge < -0.3 is 19.9 Å². The van der Waals surface area contributed by atoms with Gasteiger partial charge in [0.25, 0.3) is 0 Å². The topological polar surface area (TPSA) is 79.6 Å². The summed E-state index contributed by atoms with van der Waals surface area (Å²) < 4.78 is 7.82. The quantitative estimate of drug-likeness (QED) is 0.221. The van der Waals surface area contributed by atoms with Crippen LogP contribution in [0.1, 0.15) is 48.5 Å². The standard InChI is InChI=1S/C24H37N7O.HI/c1-25-24(26-12-7-11-23-29-28-22-10-3-2-6-13-31(22)23)27-18-20-8-4-5-9-21(20)19-30-14-16-32-17-15-30;/h4-5,8-9H,2-3,6-7,10-19H2,1H3,(H2,25,26,27);1H. The van der Waals surface area contributed by atoms with E-state index in [1.54, 1.807) is 0 Å². The van der Waals surface area contributed by atoms with Crippen LogP contribution in [-0.2, 0) is 37.2 Å². The van der Waals surface area contributed by atoms with Crippen LogP contribution < -0.4 is 10.6 Å². The van der Waals surface area contributed by atoms with E-state index in [-0.39, 0.29) is 24.0 Å². The van der Waals surface area contributed by atoms with Crippen LogP contribution in [0.5, 0.6) is 0 Å². The van der Waals surface area contributed by atoms with Crippen molar-refractivity contribution >= 4 is 29.9 Å². The van der Waals surface area contributed by atoms with Gasteiger partial charge in [0.05, 0.1) is 13.2 Å². The molecule has 9 heteroatoms. The number of aliphatic imine (C=N–C) groups is 1. The van der Waals surface area contributed by atoms with Crippen molar-refractivity contribution in [1.82, 2.24) is 30.3 Å². The molecule has 1 fully saturated rings. The number of nitrogens with one attached hydrogen (secondary N) is 2. The van der Waals surface area contributed by atoms with E-state index in [2.05, 4.69) is 59.6 Å². The third-order valence-electron chi connectivity index (χ3n) is 6.34. The van der Waals surface area contributed by atoms with Gasteiger partial charge >= 0.3 is 0 Å². The maximum atomic E-state index is 5.48. The number of aromatic nitrogens is 3. The van der Waals surface area contributed by atoms with Crippen LogP contribution in [0, 0.1) is 0 Å². The van der Waals surface area contributed by atoms with Crippen molar-refractivity contribution in [3.8, 4) is 0 Å². The Morgan fingerprint density at radius 1 is 1.03 bits per heavy atom. The number of morpholine rings is 1. The Morgan fingerprint density at radius 3 is 2.67 bits per heavy atom. The second kappa shape index (κ2) is 13.9. The van der Waals surface area contributed by atoms with Crippen molar-refractivity contribution in [2.75, 3.05) is 39.9 Å². The van der Waals surface area contributed by atoms with E-state index in [0.29, 0.717) is 0 Å². The lowest BCUT2D eigenvalue weighted by molar-refractivity contribution is 0.0341. The Hall–Kier alpha value is -1.72. The van der Waals surface area contributed by atoms with Crippen LogP contribution in [0.15, 0.2) is 29.3 Å². The molecule has 1 saturated heterocycles. The molecule has 0 unspecified atom stereocenters. The van der Waals surface area contributed by atoms with Crippen LogP contribution in [0.4, 0.5) is 0 Å². The fraction of sp³-hybridized carbons (Fsp3) is 0.625. The summed E-state index contributed by atoms with van der Waals surface area (Å²) in [6, 6.07) is 8.66. The maximum Gasteiger partial charge on any atom is 0.191 e. The summed E-state index contributed by atoms with van der Waals surface area (Å²) >= 11 is 0. The zero-order chi connectivity index (χ0) is 22.0. The highest BCUT2D eigenvalue weighted by atomic mass is 127. The van der Waals surface area contributed by atoms with Crippen molar-refractivity contribution in [2.24, 2.45) is 4.99 Å². The number of guanidine groups is 1. The lowest BCUT2D eigenvalue weighted by atomic mass is 10.1. The van der Waals surface area contributed by atoms with Gasteiger partial charge in [-0.1, -0.05) is 30.7 Å². The largest absolute Gasteiger partial charge is 0.379 e. The van der Waals surface area contributed by atoms with Crippen LogP contribution in [0.3, 0.4) is 0 Å². The minimum atomic E-state index is 0. The molecule has 2 N–H and O–H groups in total. The van der Waals surface area contributed by atoms with Crippen LogP contribution >= 0.6 is 24.0 Å². The van der Waals surface area contributed by atoms with Crippen molar-refractivity contribution < 1.29 is 4.74 Å². The van der Waals surface area contributed by atoms with E-state index in [1.807, 2.05) is 7.05 Å². The lowest BCUT2D eigenvalue weighted by Gasteiger charge is -2.27. The Kier molecular flexibility index (Phi) is 10.9. The second-order valence-corrected chi connectivity index (χ2v) is 8.61. The van der Waals surface area contributed by atoms with Crippen molar-refractivity contribution in [1.29, 1.82) is 0 Å². The SMILES string of the molecule is CN=C(NCCCc1nnc2n1CCCCC2)NCc1ccccc1CN1CCOCC1.I. The van der Waals surface area contributed by atoms with Crippen LogP contribution in [0.25, 0.3) is 0 Å². The first-order valence-electron chi connectivity index (χ1n) is 12.1. The van der Waals surface area contributed by atoms with E-state index in [0.717, 1.165) is 83.5 Å². The highest BCUT2D eigenvalue weighted by molar-refractivity contribution is 14.0. The van der Waals surface area contributed by atoms with Gasteiger partial charge in [-0.15, -0.1) is 34.2 Å². The molecule has 1 aromatic heterocycles. The Balaban J connectivity index is 0.00000306. The summed E-state index contributed by atoms with van der Waals surface area (Å²) in [5.74, 6) is 3.13. The first kappa shape index (κ1) is 25.9. The lowest BCUT2D eigenvalue weighted by Crippen LogP contribution is -2.38. The third-order valence-corrected chi connectivity index (χ3v) is 6.34. The zero-order valence-corrected chi connectivity index (χ0v) is 22.1. The minimum Gasteiger partial charge on any atom is -0.379 e. The molecule has 4 rings (SSSR count). The molecule has 0 atom stereocenters. The van der Waals surface area contributed by atoms with E-state index < -0.39 is 0 Å². The van der Waals surface area contributed by atoms with E-state index in [9.17, 15) is 0 Å². The van der Waals surface area contributed by atoms with Gasteiger partial charge in [0, 0.05) is 59.2 Å². The molecule has 0 amide bonds. The molecule has 3 heterocycles. The Bertz CT molecular complexity index is 879. The van der Waals surface area contributed by atoms with Gasteiger partial charge in [0.2, 0.25) is 0 Å². The van der Waals surface area contributed by atoms with Gasteiger partial charge in [0.15, 0.2) is 5.96 Å². The van der Waals surface area contributed by atoms with E-state index >= 15 is 0 Å². The summed E-state index contributed by atoms with van der Waals surface area (Å²) in [7, 11) is 1.83. The molecular formula is C24H38IN7O. The number of ether oxygens (including phenoxy) is 1. The molecular weight excluding hydrogens is 529 g/mol. The van der Waals surface area contributed by atoms with E-state index in [4.69, 9.17) is 4.74 Å². The normalized spacial score (nSPS) is 17.1. The van der Waals surface area contributed by atoms with Gasteiger partial charge in [-0.3, -0.25) is 9.89 Å². The predicted molar refractivity (Wildman–Crippen MR) is 142 cm³/mol. The first-order chi connectivity index (χ1) is 15.8. The molecule has 0 aliphatic carbocycles. The minimum absolute atomic E-state index is 0. The molecule has 2 aliphatic heterocycles. The molecule has 0 bridgehead atoms. The molecule has 182 valence electrons. The van der Waals surface area contributed by atoms with Gasteiger partial charge in [-0.25, -0.2) is 0 Å². The summed E-state index contributed by atoms with van der Waals surface area (Å²) in [6.45, 7) is 7.31. The van der Waals surface area contributed by atoms with Gasteiger partial charge in [0.1, 0.15) is 11.6 Å². The second-order valence-electron chi connectivity index (χ2n) is 8.61. The molecule has 2 aromatic rings. The summed E-state index contributed by atoms with van der Waals surface area (Å²) in [4.78, 5) is 6.86. The highest BCUT2D eigenvalue weighted by Gasteiger charge is 2.15. The number of rotatable bonds is 8. The smallest absolute Gasteiger partial charge is 0.191 e. The number of nitrogens with zero attached hydrogens (tertiary/aromatic N) is 5. The maximum absolute atomic E-state index is 5.48. The number of benzene rings is 1. The van der Waals surface area contributed by atoms with Crippen molar-refractivity contribution in [3.63, 3.8) is 0 Å². The van der Waals surface area contributed by atoms with Gasteiger partial charge in [-0.2, -0.15) is 0 Å². The monoisotopic (exact) mass is 567 g/mol. The van der Waals surface area contributed by atoms with Crippen LogP contribution in [-0.4, -0.2) is 65.5 Å². The number of fused-ring (bicyclic) bond motifs is 1. The molecule has 0 saturated carbocycles.